The number of alkyl halides is 1. The Morgan fingerprint density at radius 3 is 2.67 bits per heavy atom. The van der Waals surface area contributed by atoms with Gasteiger partial charge in [-0.25, -0.2) is 8.78 Å². The van der Waals surface area contributed by atoms with Crippen molar-refractivity contribution in [1.29, 1.82) is 0 Å². The maximum atomic E-state index is 14.7. The van der Waals surface area contributed by atoms with Crippen molar-refractivity contribution in [2.45, 2.75) is 31.9 Å². The molecule has 0 saturated heterocycles. The normalized spacial score (nSPS) is 14.5. The minimum atomic E-state index is -1.43. The molecule has 0 amide bonds. The molecular weight excluding hydrogens is 236 g/mol. The second-order valence-corrected chi connectivity index (χ2v) is 4.72. The predicted octanol–water partition coefficient (Wildman–Crippen LogP) is 2.77. The summed E-state index contributed by atoms with van der Waals surface area (Å²) in [6.07, 6.45) is 1.20. The van der Waals surface area contributed by atoms with Crippen LogP contribution in [0.2, 0.25) is 0 Å². The van der Waals surface area contributed by atoms with Gasteiger partial charge in [0.2, 0.25) is 0 Å². The van der Waals surface area contributed by atoms with E-state index in [0.29, 0.717) is 19.4 Å². The number of halogens is 2. The Hall–Kier alpha value is -1.00. The van der Waals surface area contributed by atoms with Gasteiger partial charge in [0.25, 0.3) is 0 Å². The van der Waals surface area contributed by atoms with Crippen molar-refractivity contribution >= 4 is 0 Å². The van der Waals surface area contributed by atoms with Crippen LogP contribution in [0.3, 0.4) is 0 Å². The summed E-state index contributed by atoms with van der Waals surface area (Å²) in [4.78, 5) is 0. The van der Waals surface area contributed by atoms with Gasteiger partial charge in [0, 0.05) is 13.5 Å². The Bertz CT molecular complexity index is 384. The summed E-state index contributed by atoms with van der Waals surface area (Å²) in [5, 5.41) is 0. The fraction of sp³-hybridized carbons (Fsp3) is 0.571. The van der Waals surface area contributed by atoms with E-state index >= 15 is 0 Å². The largest absolute Gasteiger partial charge is 0.381 e. The quantitative estimate of drug-likeness (QED) is 0.815. The fourth-order valence-electron chi connectivity index (χ4n) is 2.09. The molecule has 0 heterocycles. The molecule has 0 radical (unpaired) electrons. The first kappa shape index (κ1) is 15.1. The molecule has 0 bridgehead atoms. The van der Waals surface area contributed by atoms with Crippen LogP contribution in [0.15, 0.2) is 18.2 Å². The molecule has 0 saturated carbocycles. The van der Waals surface area contributed by atoms with Gasteiger partial charge in [0.05, 0.1) is 6.61 Å². The van der Waals surface area contributed by atoms with Gasteiger partial charge in [-0.1, -0.05) is 6.07 Å². The van der Waals surface area contributed by atoms with Crippen molar-refractivity contribution < 1.29 is 13.5 Å². The monoisotopic (exact) mass is 257 g/mol. The third kappa shape index (κ3) is 4.35. The number of aryl methyl sites for hydroxylation is 1. The zero-order valence-corrected chi connectivity index (χ0v) is 11.0. The summed E-state index contributed by atoms with van der Waals surface area (Å²) >= 11 is 0. The molecule has 4 heteroatoms. The first-order chi connectivity index (χ1) is 8.50. The molecule has 0 aromatic heterocycles. The van der Waals surface area contributed by atoms with Crippen LogP contribution in [-0.2, 0) is 11.2 Å². The van der Waals surface area contributed by atoms with Gasteiger partial charge in [-0.15, -0.1) is 0 Å². The van der Waals surface area contributed by atoms with Crippen LogP contribution in [0, 0.1) is 12.7 Å². The Morgan fingerprint density at radius 1 is 1.39 bits per heavy atom. The number of nitrogens with two attached hydrogens (primary N) is 1. The summed E-state index contributed by atoms with van der Waals surface area (Å²) in [6.45, 7) is 2.27. The lowest BCUT2D eigenvalue weighted by Gasteiger charge is -2.25. The van der Waals surface area contributed by atoms with Crippen LogP contribution >= 0.6 is 0 Å². The van der Waals surface area contributed by atoms with Gasteiger partial charge in [-0.2, -0.15) is 0 Å². The van der Waals surface area contributed by atoms with E-state index in [1.165, 1.54) is 19.2 Å². The lowest BCUT2D eigenvalue weighted by atomic mass is 9.90. The predicted molar refractivity (Wildman–Crippen MR) is 68.8 cm³/mol. The Kier molecular flexibility index (Phi) is 5.69. The van der Waals surface area contributed by atoms with Crippen molar-refractivity contribution in [3.63, 3.8) is 0 Å². The van der Waals surface area contributed by atoms with Gasteiger partial charge in [0.15, 0.2) is 0 Å². The highest BCUT2D eigenvalue weighted by Crippen LogP contribution is 2.26. The van der Waals surface area contributed by atoms with E-state index in [1.54, 1.807) is 13.0 Å². The average molecular weight is 257 g/mol. The molecule has 0 aliphatic carbocycles. The molecule has 1 rings (SSSR count). The lowest BCUT2D eigenvalue weighted by molar-refractivity contribution is 0.0333. The van der Waals surface area contributed by atoms with Crippen molar-refractivity contribution in [1.82, 2.24) is 0 Å². The standard InChI is InChI=1S/C14H21F2NO/c1-11-8-13(15)5-4-12(11)9-14(16,10-18-2)6-3-7-17/h4-5,8H,3,6-7,9-10,17H2,1-2H3. The molecule has 1 atom stereocenters. The molecule has 0 aliphatic rings. The zero-order chi connectivity index (χ0) is 13.6. The molecule has 2 nitrogen and oxygen atoms in total. The first-order valence-electron chi connectivity index (χ1n) is 6.14. The number of ether oxygens (including phenoxy) is 1. The smallest absolute Gasteiger partial charge is 0.138 e. The molecule has 0 fully saturated rings. The number of hydrogen-bond acceptors (Lipinski definition) is 2. The highest BCUT2D eigenvalue weighted by atomic mass is 19.1. The SMILES string of the molecule is COCC(F)(CCCN)Cc1ccc(F)cc1C. The number of benzene rings is 1. The van der Waals surface area contributed by atoms with Gasteiger partial charge < -0.3 is 10.5 Å². The van der Waals surface area contributed by atoms with E-state index in [0.717, 1.165) is 11.1 Å². The van der Waals surface area contributed by atoms with Crippen molar-refractivity contribution in [3.8, 4) is 0 Å². The van der Waals surface area contributed by atoms with Gasteiger partial charge in [-0.05, 0) is 49.6 Å². The molecular formula is C14H21F2NO. The molecule has 0 aliphatic heterocycles. The van der Waals surface area contributed by atoms with Crippen LogP contribution in [0.1, 0.15) is 24.0 Å². The Morgan fingerprint density at radius 2 is 2.11 bits per heavy atom. The molecule has 18 heavy (non-hydrogen) atoms. The molecule has 1 aromatic carbocycles. The first-order valence-corrected chi connectivity index (χ1v) is 6.14. The lowest BCUT2D eigenvalue weighted by Crippen LogP contribution is -2.32. The maximum Gasteiger partial charge on any atom is 0.138 e. The molecule has 102 valence electrons. The Labute approximate surface area is 107 Å². The number of methoxy groups -OCH3 is 1. The molecule has 1 unspecified atom stereocenters. The zero-order valence-electron chi connectivity index (χ0n) is 11.0. The van der Waals surface area contributed by atoms with E-state index in [2.05, 4.69) is 0 Å². The topological polar surface area (TPSA) is 35.2 Å². The molecule has 1 aromatic rings. The summed E-state index contributed by atoms with van der Waals surface area (Å²) < 4.78 is 32.6. The highest BCUT2D eigenvalue weighted by molar-refractivity contribution is 5.28. The third-order valence-corrected chi connectivity index (χ3v) is 3.04. The van der Waals surface area contributed by atoms with Crippen LogP contribution in [0.25, 0.3) is 0 Å². The van der Waals surface area contributed by atoms with Crippen LogP contribution in [0.5, 0.6) is 0 Å². The summed E-state index contributed by atoms with van der Waals surface area (Å²) in [7, 11) is 1.48. The van der Waals surface area contributed by atoms with Gasteiger partial charge in [0.1, 0.15) is 11.5 Å². The van der Waals surface area contributed by atoms with Crippen molar-refractivity contribution in [2.75, 3.05) is 20.3 Å². The number of rotatable bonds is 7. The van der Waals surface area contributed by atoms with Crippen molar-refractivity contribution in [2.24, 2.45) is 5.73 Å². The summed E-state index contributed by atoms with van der Waals surface area (Å²) in [6, 6.07) is 4.42. The summed E-state index contributed by atoms with van der Waals surface area (Å²) in [5.41, 5.74) is 5.56. The van der Waals surface area contributed by atoms with Crippen LogP contribution in [-0.4, -0.2) is 25.9 Å². The maximum absolute atomic E-state index is 14.7. The summed E-state index contributed by atoms with van der Waals surface area (Å²) in [5.74, 6) is -0.297. The van der Waals surface area contributed by atoms with E-state index in [-0.39, 0.29) is 18.8 Å². The van der Waals surface area contributed by atoms with Crippen molar-refractivity contribution in [3.05, 3.63) is 35.1 Å². The minimum absolute atomic E-state index is 0.0316. The third-order valence-electron chi connectivity index (χ3n) is 3.04. The van der Waals surface area contributed by atoms with Crippen LogP contribution in [0.4, 0.5) is 8.78 Å². The van der Waals surface area contributed by atoms with Crippen LogP contribution < -0.4 is 5.73 Å². The second-order valence-electron chi connectivity index (χ2n) is 4.72. The van der Waals surface area contributed by atoms with E-state index in [9.17, 15) is 8.78 Å². The number of hydrogen-bond donors (Lipinski definition) is 1. The van der Waals surface area contributed by atoms with E-state index in [1.807, 2.05) is 0 Å². The van der Waals surface area contributed by atoms with E-state index in [4.69, 9.17) is 10.5 Å². The molecule has 2 N–H and O–H groups in total. The van der Waals surface area contributed by atoms with Gasteiger partial charge in [-0.3, -0.25) is 0 Å². The average Bonchev–Trinajstić information content (AvgIpc) is 2.31. The van der Waals surface area contributed by atoms with E-state index < -0.39 is 5.67 Å². The fourth-order valence-corrected chi connectivity index (χ4v) is 2.09. The highest BCUT2D eigenvalue weighted by Gasteiger charge is 2.30. The Balaban J connectivity index is 2.81. The second kappa shape index (κ2) is 6.81. The minimum Gasteiger partial charge on any atom is -0.381 e. The molecule has 0 spiro atoms. The van der Waals surface area contributed by atoms with Gasteiger partial charge >= 0.3 is 0 Å².